The van der Waals surface area contributed by atoms with E-state index in [0.29, 0.717) is 39.8 Å². The van der Waals surface area contributed by atoms with Crippen molar-refractivity contribution in [2.45, 2.75) is 58.7 Å². The number of aromatic nitrogens is 3. The number of carbonyl (C=O) groups is 1. The molecule has 0 fully saturated rings. The molecule has 0 saturated carbocycles. The summed E-state index contributed by atoms with van der Waals surface area (Å²) in [4.78, 5) is 14.1. The Morgan fingerprint density at radius 2 is 2.14 bits per heavy atom. The maximum atomic E-state index is 12.9. The Balaban J connectivity index is 1.29. The lowest BCUT2D eigenvalue weighted by atomic mass is 9.72. The lowest BCUT2D eigenvalue weighted by molar-refractivity contribution is -0.113. The molecule has 9 heteroatoms. The van der Waals surface area contributed by atoms with Gasteiger partial charge in [0.15, 0.2) is 10.9 Å². The van der Waals surface area contributed by atoms with Crippen molar-refractivity contribution in [1.29, 1.82) is 5.26 Å². The Kier molecular flexibility index (Phi) is 6.66. The molecule has 3 heterocycles. The predicted molar refractivity (Wildman–Crippen MR) is 144 cm³/mol. The Labute approximate surface area is 218 Å². The van der Waals surface area contributed by atoms with Crippen LogP contribution in [0.1, 0.15) is 50.1 Å². The number of nitriles is 1. The maximum Gasteiger partial charge on any atom is 0.235 e. The number of hydrogen-bond donors (Lipinski definition) is 1. The number of benzene rings is 1. The normalized spacial score (nSPS) is 15.6. The first-order chi connectivity index (χ1) is 17.3. The second kappa shape index (κ2) is 9.75. The van der Waals surface area contributed by atoms with Gasteiger partial charge in [0.05, 0.1) is 11.3 Å². The van der Waals surface area contributed by atoms with E-state index >= 15 is 0 Å². The molecule has 1 aliphatic rings. The van der Waals surface area contributed by atoms with Crippen molar-refractivity contribution in [3.63, 3.8) is 0 Å². The average molecular weight is 520 g/mol. The first-order valence-corrected chi connectivity index (χ1v) is 14.0. The Morgan fingerprint density at radius 3 is 2.86 bits per heavy atom. The van der Waals surface area contributed by atoms with Gasteiger partial charge in [0.2, 0.25) is 11.7 Å². The highest BCUT2D eigenvalue weighted by Gasteiger charge is 2.32. The topological polar surface area (TPSA) is 96.7 Å². The van der Waals surface area contributed by atoms with Crippen molar-refractivity contribution >= 4 is 45.0 Å². The lowest BCUT2D eigenvalue weighted by Crippen LogP contribution is -2.26. The molecule has 5 rings (SSSR count). The van der Waals surface area contributed by atoms with Crippen LogP contribution in [-0.2, 0) is 24.2 Å². The number of furan rings is 1. The molecule has 0 spiro atoms. The number of carbonyl (C=O) groups excluding carboxylic acids is 1. The second-order valence-electron chi connectivity index (χ2n) is 10.2. The molecule has 186 valence electrons. The number of hydrogen-bond acceptors (Lipinski definition) is 7. The quantitative estimate of drug-likeness (QED) is 0.291. The minimum absolute atomic E-state index is 0.154. The fourth-order valence-corrected chi connectivity index (χ4v) is 6.88. The summed E-state index contributed by atoms with van der Waals surface area (Å²) in [6.07, 6.45) is 2.93. The van der Waals surface area contributed by atoms with Gasteiger partial charge in [-0.2, -0.15) is 5.26 Å². The molecule has 1 aromatic carbocycles. The summed E-state index contributed by atoms with van der Waals surface area (Å²) in [5.74, 6) is 1.89. The van der Waals surface area contributed by atoms with Crippen molar-refractivity contribution in [2.24, 2.45) is 11.3 Å². The monoisotopic (exact) mass is 519 g/mol. The van der Waals surface area contributed by atoms with Gasteiger partial charge in [-0.3, -0.25) is 9.36 Å². The van der Waals surface area contributed by atoms with Crippen LogP contribution in [0.2, 0.25) is 0 Å². The highest BCUT2D eigenvalue weighted by molar-refractivity contribution is 7.99. The second-order valence-corrected chi connectivity index (χ2v) is 12.2. The average Bonchev–Trinajstić information content (AvgIpc) is 3.55. The van der Waals surface area contributed by atoms with E-state index in [1.807, 2.05) is 41.8 Å². The minimum atomic E-state index is -0.154. The minimum Gasteiger partial charge on any atom is -0.453 e. The molecule has 1 N–H and O–H groups in total. The van der Waals surface area contributed by atoms with Gasteiger partial charge in [0.1, 0.15) is 16.7 Å². The third-order valence-corrected chi connectivity index (χ3v) is 9.00. The summed E-state index contributed by atoms with van der Waals surface area (Å²) >= 11 is 2.89. The van der Waals surface area contributed by atoms with Crippen molar-refractivity contribution in [1.82, 2.24) is 14.8 Å². The van der Waals surface area contributed by atoms with Crippen LogP contribution < -0.4 is 5.32 Å². The molecule has 0 unspecified atom stereocenters. The smallest absolute Gasteiger partial charge is 0.235 e. The molecule has 7 nitrogen and oxygen atoms in total. The van der Waals surface area contributed by atoms with E-state index in [1.165, 1.54) is 16.6 Å². The van der Waals surface area contributed by atoms with Gasteiger partial charge in [-0.25, -0.2) is 0 Å². The van der Waals surface area contributed by atoms with Crippen molar-refractivity contribution < 1.29 is 9.21 Å². The molecule has 36 heavy (non-hydrogen) atoms. The van der Waals surface area contributed by atoms with Gasteiger partial charge in [-0.1, -0.05) is 50.7 Å². The van der Waals surface area contributed by atoms with Crippen LogP contribution in [0.4, 0.5) is 5.00 Å². The Hall–Kier alpha value is -3.09. The Morgan fingerprint density at radius 1 is 1.33 bits per heavy atom. The van der Waals surface area contributed by atoms with Crippen molar-refractivity contribution in [3.8, 4) is 17.7 Å². The number of thioether (sulfide) groups is 1. The van der Waals surface area contributed by atoms with Crippen LogP contribution in [0.5, 0.6) is 0 Å². The standard InChI is InChI=1S/C27H29N5O2S2/c1-5-32-24(21-12-16-8-6-7-9-20(16)34-21)30-31-26(32)35-15-23(33)29-25-19(14-28)18-11-10-17(27(2,3)4)13-22(18)36-25/h6-9,12,17H,5,10-11,13,15H2,1-4H3,(H,29,33)/t17-/m0/s1. The molecule has 1 aliphatic carbocycles. The zero-order valence-electron chi connectivity index (χ0n) is 20.9. The first-order valence-electron chi connectivity index (χ1n) is 12.2. The van der Waals surface area contributed by atoms with Crippen LogP contribution in [0.25, 0.3) is 22.6 Å². The summed E-state index contributed by atoms with van der Waals surface area (Å²) in [6.45, 7) is 9.48. The van der Waals surface area contributed by atoms with Gasteiger partial charge < -0.3 is 9.73 Å². The van der Waals surface area contributed by atoms with Crippen LogP contribution in [0, 0.1) is 22.7 Å². The third-order valence-electron chi connectivity index (χ3n) is 6.87. The van der Waals surface area contributed by atoms with Crippen LogP contribution in [-0.4, -0.2) is 26.4 Å². The summed E-state index contributed by atoms with van der Waals surface area (Å²) in [5.41, 5.74) is 2.77. The van der Waals surface area contributed by atoms with Gasteiger partial charge in [-0.15, -0.1) is 21.5 Å². The zero-order chi connectivity index (χ0) is 25.4. The molecule has 0 bridgehead atoms. The largest absolute Gasteiger partial charge is 0.453 e. The van der Waals surface area contributed by atoms with Crippen molar-refractivity contribution in [3.05, 3.63) is 46.3 Å². The molecule has 1 atom stereocenters. The SMILES string of the molecule is CCn1c(SCC(=O)Nc2sc3c(c2C#N)CC[C@H](C(C)(C)C)C3)nnc1-c1cc2ccccc2o1. The summed E-state index contributed by atoms with van der Waals surface area (Å²) in [7, 11) is 0. The maximum absolute atomic E-state index is 12.9. The summed E-state index contributed by atoms with van der Waals surface area (Å²) in [5, 5.41) is 23.8. The molecule has 1 amide bonds. The highest BCUT2D eigenvalue weighted by Crippen LogP contribution is 2.44. The Bertz CT molecular complexity index is 1430. The molecule has 0 saturated heterocycles. The van der Waals surface area contributed by atoms with E-state index in [-0.39, 0.29) is 17.1 Å². The van der Waals surface area contributed by atoms with Crippen LogP contribution >= 0.6 is 23.1 Å². The fraction of sp³-hybridized carbons (Fsp3) is 0.407. The van der Waals surface area contributed by atoms with E-state index < -0.39 is 0 Å². The number of amides is 1. The number of fused-ring (bicyclic) bond motifs is 2. The van der Waals surface area contributed by atoms with Crippen LogP contribution in [0.3, 0.4) is 0 Å². The number of thiophene rings is 1. The van der Waals surface area contributed by atoms with E-state index in [0.717, 1.165) is 35.8 Å². The van der Waals surface area contributed by atoms with Crippen molar-refractivity contribution in [2.75, 3.05) is 11.1 Å². The number of para-hydroxylation sites is 1. The molecule has 0 aliphatic heterocycles. The lowest BCUT2D eigenvalue weighted by Gasteiger charge is -2.33. The summed E-state index contributed by atoms with van der Waals surface area (Å²) in [6, 6.07) is 12.1. The number of nitrogens with one attached hydrogen (secondary N) is 1. The molecule has 0 radical (unpaired) electrons. The number of nitrogens with zero attached hydrogens (tertiary/aromatic N) is 4. The van der Waals surface area contributed by atoms with Gasteiger partial charge in [0, 0.05) is 16.8 Å². The van der Waals surface area contributed by atoms with Gasteiger partial charge in [-0.05, 0) is 55.2 Å². The number of rotatable bonds is 6. The van der Waals surface area contributed by atoms with Gasteiger partial charge >= 0.3 is 0 Å². The molecular formula is C27H29N5O2S2. The fourth-order valence-electron chi connectivity index (χ4n) is 4.78. The van der Waals surface area contributed by atoms with E-state index in [2.05, 4.69) is 42.4 Å². The van der Waals surface area contributed by atoms with E-state index in [4.69, 9.17) is 4.42 Å². The van der Waals surface area contributed by atoms with E-state index in [9.17, 15) is 10.1 Å². The molecular weight excluding hydrogens is 490 g/mol. The third kappa shape index (κ3) is 4.67. The van der Waals surface area contributed by atoms with Crippen LogP contribution in [0.15, 0.2) is 39.9 Å². The molecule has 4 aromatic rings. The van der Waals surface area contributed by atoms with Gasteiger partial charge in [0.25, 0.3) is 0 Å². The molecule has 3 aromatic heterocycles. The zero-order valence-corrected chi connectivity index (χ0v) is 22.6. The predicted octanol–water partition coefficient (Wildman–Crippen LogP) is 6.53. The summed E-state index contributed by atoms with van der Waals surface area (Å²) < 4.78 is 7.92. The number of anilines is 1. The highest BCUT2D eigenvalue weighted by atomic mass is 32.2. The first kappa shape index (κ1) is 24.6. The van der Waals surface area contributed by atoms with E-state index in [1.54, 1.807) is 11.3 Å².